The van der Waals surface area contributed by atoms with Crippen molar-refractivity contribution in [2.45, 2.75) is 230 Å². The molecule has 0 saturated carbocycles. The number of allylic oxidation sites excluding steroid dienone is 7. The first-order chi connectivity index (χ1) is 29.4. The first-order valence-corrected chi connectivity index (χ1v) is 25.0. The van der Waals surface area contributed by atoms with Gasteiger partial charge in [0.1, 0.15) is 30.5 Å². The number of hydrogen-bond acceptors (Lipinski definition) is 11. The minimum absolute atomic E-state index is 0.225. The van der Waals surface area contributed by atoms with E-state index in [2.05, 4.69) is 59.8 Å². The van der Waals surface area contributed by atoms with E-state index in [1.165, 1.54) is 83.1 Å². The third-order valence-corrected chi connectivity index (χ3v) is 11.4. The average molecular weight is 888 g/mol. The molecule has 7 N–H and O–H groups in total. The fourth-order valence-electron chi connectivity index (χ4n) is 7.13. The van der Waals surface area contributed by atoms with E-state index in [9.17, 15) is 43.3 Å². The van der Waals surface area contributed by atoms with Crippen molar-refractivity contribution in [3.8, 4) is 0 Å². The van der Waals surface area contributed by atoms with E-state index in [1.54, 1.807) is 6.08 Å². The van der Waals surface area contributed by atoms with Gasteiger partial charge in [-0.15, -0.1) is 0 Å². The van der Waals surface area contributed by atoms with Crippen LogP contribution in [-0.4, -0.2) is 107 Å². The van der Waals surface area contributed by atoms with E-state index in [4.69, 9.17) is 9.47 Å². The molecule has 14 heteroatoms. The van der Waals surface area contributed by atoms with Crippen LogP contribution in [0, 0.1) is 0 Å². The molecule has 1 aliphatic rings. The first-order valence-electron chi connectivity index (χ1n) is 23.6. The van der Waals surface area contributed by atoms with Gasteiger partial charge in [0.15, 0.2) is 6.29 Å². The van der Waals surface area contributed by atoms with Crippen LogP contribution in [0.25, 0.3) is 0 Å². The van der Waals surface area contributed by atoms with Crippen LogP contribution in [-0.2, 0) is 28.9 Å². The van der Waals surface area contributed by atoms with E-state index in [-0.39, 0.29) is 6.42 Å². The smallest absolute Gasteiger partial charge is 0.394 e. The van der Waals surface area contributed by atoms with Gasteiger partial charge in [-0.25, -0.2) is 4.18 Å². The molecule has 0 aromatic carbocycles. The standard InChI is InChI=1S/C47H85NO12S/c1-3-5-7-9-11-13-15-17-19-20-21-22-24-26-28-30-32-34-36-41(51)46(54)48-39(38-58-47-44(53)45(60-61(55,56)57)43(52)42(37-49)59-47)40(50)35-33-31-29-27-25-23-18-16-14-12-10-8-6-4-2/h14,16,20-21,25,27,33,35,39-45,47,49-53H,3-13,15,17-19,22-24,26,28-32,34,36-38H2,1-2H3,(H,48,54)(H,55,56,57)/b16-14+,21-20-,27-25+,35-33+. The van der Waals surface area contributed by atoms with Crippen molar-refractivity contribution in [2.75, 3.05) is 13.2 Å². The molecule has 0 aromatic heterocycles. The summed E-state index contributed by atoms with van der Waals surface area (Å²) >= 11 is 0. The first kappa shape index (κ1) is 57.0. The van der Waals surface area contributed by atoms with Crippen LogP contribution in [0.4, 0.5) is 0 Å². The Morgan fingerprint density at radius 3 is 1.59 bits per heavy atom. The molecule has 0 radical (unpaired) electrons. The zero-order valence-electron chi connectivity index (χ0n) is 37.6. The fourth-order valence-corrected chi connectivity index (χ4v) is 7.64. The number of nitrogens with one attached hydrogen (secondary N) is 1. The minimum Gasteiger partial charge on any atom is -0.394 e. The molecule has 1 aliphatic heterocycles. The van der Waals surface area contributed by atoms with Crippen molar-refractivity contribution in [1.82, 2.24) is 5.32 Å². The Morgan fingerprint density at radius 1 is 0.656 bits per heavy atom. The maximum Gasteiger partial charge on any atom is 0.397 e. The molecule has 8 atom stereocenters. The molecule has 0 spiro atoms. The van der Waals surface area contributed by atoms with E-state index in [1.807, 2.05) is 0 Å². The van der Waals surface area contributed by atoms with Gasteiger partial charge in [-0.1, -0.05) is 159 Å². The predicted octanol–water partition coefficient (Wildman–Crippen LogP) is 8.24. The summed E-state index contributed by atoms with van der Waals surface area (Å²) in [4.78, 5) is 13.1. The highest BCUT2D eigenvalue weighted by atomic mass is 32.3. The molecule has 1 amide bonds. The monoisotopic (exact) mass is 888 g/mol. The third-order valence-electron chi connectivity index (χ3n) is 10.9. The predicted molar refractivity (Wildman–Crippen MR) is 242 cm³/mol. The molecule has 1 fully saturated rings. The van der Waals surface area contributed by atoms with Gasteiger partial charge in [0.25, 0.3) is 0 Å². The molecule has 1 rings (SSSR count). The fraction of sp³-hybridized carbons (Fsp3) is 0.809. The normalized spacial score (nSPS) is 21.6. The van der Waals surface area contributed by atoms with Gasteiger partial charge < -0.3 is 40.3 Å². The average Bonchev–Trinajstić information content (AvgIpc) is 3.23. The van der Waals surface area contributed by atoms with Crippen LogP contribution in [0.5, 0.6) is 0 Å². The molecule has 13 nitrogen and oxygen atoms in total. The summed E-state index contributed by atoms with van der Waals surface area (Å²) < 4.78 is 47.5. The molecular weight excluding hydrogens is 803 g/mol. The Labute approximate surface area is 369 Å². The van der Waals surface area contributed by atoms with Crippen LogP contribution in [0.15, 0.2) is 48.6 Å². The van der Waals surface area contributed by atoms with Crippen LogP contribution in [0.3, 0.4) is 0 Å². The molecule has 0 aromatic rings. The summed E-state index contributed by atoms with van der Waals surface area (Å²) in [6.07, 6.45) is 33.4. The molecule has 8 unspecified atom stereocenters. The SMILES string of the molecule is CCCCCC/C=C/CC/C=C/CC/C=C/C(O)C(COC1OC(CO)C(O)C(OS(=O)(=O)O)C1O)NC(=O)C(O)CCCCCCCC/C=C\CCCCCCCCCC. The second kappa shape index (κ2) is 37.4. The number of aliphatic hydroxyl groups is 5. The molecule has 0 bridgehead atoms. The number of aliphatic hydroxyl groups excluding tert-OH is 5. The molecule has 1 heterocycles. The Bertz CT molecular complexity index is 1290. The molecule has 0 aliphatic carbocycles. The number of ether oxygens (including phenoxy) is 2. The Kier molecular flexibility index (Phi) is 35.0. The van der Waals surface area contributed by atoms with Crippen LogP contribution in [0.1, 0.15) is 181 Å². The lowest BCUT2D eigenvalue weighted by Gasteiger charge is -2.41. The highest BCUT2D eigenvalue weighted by Gasteiger charge is 2.48. The maximum absolute atomic E-state index is 13.1. The second-order valence-electron chi connectivity index (χ2n) is 16.5. The Balaban J connectivity index is 2.60. The maximum atomic E-state index is 13.1. The van der Waals surface area contributed by atoms with Crippen molar-refractivity contribution < 1.29 is 57.0 Å². The van der Waals surface area contributed by atoms with Gasteiger partial charge >= 0.3 is 10.4 Å². The van der Waals surface area contributed by atoms with Crippen molar-refractivity contribution in [2.24, 2.45) is 0 Å². The van der Waals surface area contributed by atoms with Crippen molar-refractivity contribution in [1.29, 1.82) is 0 Å². The van der Waals surface area contributed by atoms with Gasteiger partial charge in [0.2, 0.25) is 5.91 Å². The number of hydrogen-bond donors (Lipinski definition) is 7. The highest BCUT2D eigenvalue weighted by molar-refractivity contribution is 7.80. The summed E-state index contributed by atoms with van der Waals surface area (Å²) in [5.74, 6) is -0.723. The summed E-state index contributed by atoms with van der Waals surface area (Å²) in [5, 5.41) is 55.2. The van der Waals surface area contributed by atoms with Crippen molar-refractivity contribution in [3.05, 3.63) is 48.6 Å². The second-order valence-corrected chi connectivity index (χ2v) is 17.5. The van der Waals surface area contributed by atoms with Crippen molar-refractivity contribution >= 4 is 16.3 Å². The molecule has 61 heavy (non-hydrogen) atoms. The lowest BCUT2D eigenvalue weighted by atomic mass is 9.99. The van der Waals surface area contributed by atoms with E-state index in [0.717, 1.165) is 70.6 Å². The van der Waals surface area contributed by atoms with Gasteiger partial charge in [0.05, 0.1) is 25.4 Å². The molecular formula is C47H85NO12S. The Morgan fingerprint density at radius 2 is 1.10 bits per heavy atom. The van der Waals surface area contributed by atoms with Crippen LogP contribution < -0.4 is 5.32 Å². The largest absolute Gasteiger partial charge is 0.397 e. The third kappa shape index (κ3) is 29.9. The van der Waals surface area contributed by atoms with Crippen LogP contribution in [0.2, 0.25) is 0 Å². The quantitative estimate of drug-likeness (QED) is 0.0177. The van der Waals surface area contributed by atoms with Gasteiger partial charge in [-0.05, 0) is 70.6 Å². The van der Waals surface area contributed by atoms with Crippen molar-refractivity contribution in [3.63, 3.8) is 0 Å². The number of amides is 1. The summed E-state index contributed by atoms with van der Waals surface area (Å²) in [6.45, 7) is 3.16. The van der Waals surface area contributed by atoms with Gasteiger partial charge in [-0.2, -0.15) is 8.42 Å². The van der Waals surface area contributed by atoms with E-state index < -0.39 is 78.5 Å². The number of carbonyl (C=O) groups is 1. The van der Waals surface area contributed by atoms with E-state index >= 15 is 0 Å². The molecule has 1 saturated heterocycles. The van der Waals surface area contributed by atoms with Crippen LogP contribution >= 0.6 is 0 Å². The Hall–Kier alpha value is -1.98. The molecule has 356 valence electrons. The number of unbranched alkanes of at least 4 members (excludes halogenated alkanes) is 20. The minimum atomic E-state index is -5.13. The van der Waals surface area contributed by atoms with Gasteiger partial charge in [0, 0.05) is 0 Å². The summed E-state index contributed by atoms with van der Waals surface area (Å²) in [6, 6.07) is -1.15. The lowest BCUT2D eigenvalue weighted by molar-refractivity contribution is -0.298. The van der Waals surface area contributed by atoms with E-state index in [0.29, 0.717) is 12.8 Å². The lowest BCUT2D eigenvalue weighted by Crippen LogP contribution is -2.61. The highest BCUT2D eigenvalue weighted by Crippen LogP contribution is 2.26. The van der Waals surface area contributed by atoms with Gasteiger partial charge in [-0.3, -0.25) is 9.35 Å². The zero-order valence-corrected chi connectivity index (χ0v) is 38.4. The zero-order chi connectivity index (χ0) is 45.0. The number of carbonyl (C=O) groups excluding carboxylic acids is 1. The summed E-state index contributed by atoms with van der Waals surface area (Å²) in [7, 11) is -5.13. The summed E-state index contributed by atoms with van der Waals surface area (Å²) in [5.41, 5.74) is 0. The topological polar surface area (TPSA) is 212 Å². The number of rotatable bonds is 39.